The summed E-state index contributed by atoms with van der Waals surface area (Å²) in [7, 11) is 0. The topological polar surface area (TPSA) is 93.3 Å². The molecule has 29 heavy (non-hydrogen) atoms. The Labute approximate surface area is 171 Å². The van der Waals surface area contributed by atoms with Gasteiger partial charge >= 0.3 is 6.61 Å². The highest BCUT2D eigenvalue weighted by molar-refractivity contribution is 5.62. The summed E-state index contributed by atoms with van der Waals surface area (Å²) in [5, 5.41) is 13.5. The standard InChI is InChI=1S/C21H32F2N4O2/c1-13(24)18-12-25-21(26-15-6-8-17(9-7-15)29-20(22)23)27-19(18)11-14-4-2-3-5-16(28)10-14/h12,14-17,20,28H,1-11,24H2,(H,25,26,27)/t14-,15?,16+,17?/m1/s1. The zero-order valence-electron chi connectivity index (χ0n) is 16.8. The molecule has 2 saturated carbocycles. The third-order valence-corrected chi connectivity index (χ3v) is 6.00. The lowest BCUT2D eigenvalue weighted by atomic mass is 9.92. The number of nitrogens with zero attached hydrogens (tertiary/aromatic N) is 2. The van der Waals surface area contributed by atoms with E-state index in [1.54, 1.807) is 6.20 Å². The molecule has 0 saturated heterocycles. The Kier molecular flexibility index (Phi) is 7.77. The monoisotopic (exact) mass is 410 g/mol. The van der Waals surface area contributed by atoms with Crippen LogP contribution in [0.2, 0.25) is 0 Å². The van der Waals surface area contributed by atoms with Gasteiger partial charge in [0.05, 0.1) is 17.9 Å². The molecule has 3 rings (SSSR count). The van der Waals surface area contributed by atoms with Crippen LogP contribution in [0.3, 0.4) is 0 Å². The number of aliphatic hydroxyl groups is 1. The molecule has 2 aliphatic carbocycles. The number of aromatic nitrogens is 2. The number of rotatable bonds is 7. The number of aliphatic hydroxyl groups excluding tert-OH is 1. The van der Waals surface area contributed by atoms with Crippen molar-refractivity contribution in [2.24, 2.45) is 11.7 Å². The van der Waals surface area contributed by atoms with Crippen molar-refractivity contribution in [1.29, 1.82) is 0 Å². The van der Waals surface area contributed by atoms with Gasteiger partial charge in [-0.05, 0) is 57.3 Å². The van der Waals surface area contributed by atoms with Crippen molar-refractivity contribution in [2.45, 2.75) is 89.1 Å². The van der Waals surface area contributed by atoms with Crippen molar-refractivity contribution in [3.05, 3.63) is 24.0 Å². The summed E-state index contributed by atoms with van der Waals surface area (Å²) >= 11 is 0. The maximum Gasteiger partial charge on any atom is 0.345 e. The molecule has 6 nitrogen and oxygen atoms in total. The predicted molar refractivity (Wildman–Crippen MR) is 108 cm³/mol. The molecule has 0 radical (unpaired) electrons. The number of hydrogen-bond acceptors (Lipinski definition) is 6. The highest BCUT2D eigenvalue weighted by Gasteiger charge is 2.25. The van der Waals surface area contributed by atoms with Gasteiger partial charge in [-0.25, -0.2) is 9.97 Å². The van der Waals surface area contributed by atoms with E-state index in [2.05, 4.69) is 21.6 Å². The lowest BCUT2D eigenvalue weighted by molar-refractivity contribution is -0.169. The minimum atomic E-state index is -2.71. The van der Waals surface area contributed by atoms with Crippen LogP contribution in [0.1, 0.15) is 69.0 Å². The van der Waals surface area contributed by atoms with Gasteiger partial charge in [0.25, 0.3) is 0 Å². The first-order valence-electron chi connectivity index (χ1n) is 10.6. The van der Waals surface area contributed by atoms with E-state index in [0.717, 1.165) is 62.6 Å². The average molecular weight is 411 g/mol. The second kappa shape index (κ2) is 10.3. The second-order valence-corrected chi connectivity index (χ2v) is 8.34. The Bertz CT molecular complexity index is 681. The smallest absolute Gasteiger partial charge is 0.345 e. The van der Waals surface area contributed by atoms with Gasteiger partial charge in [-0.1, -0.05) is 19.4 Å². The molecule has 0 aromatic carbocycles. The minimum Gasteiger partial charge on any atom is -0.399 e. The molecular weight excluding hydrogens is 378 g/mol. The van der Waals surface area contributed by atoms with Crippen LogP contribution in [0.25, 0.3) is 5.70 Å². The Morgan fingerprint density at radius 2 is 1.97 bits per heavy atom. The molecule has 162 valence electrons. The van der Waals surface area contributed by atoms with Crippen LogP contribution in [0.5, 0.6) is 0 Å². The van der Waals surface area contributed by atoms with E-state index in [1.165, 1.54) is 0 Å². The summed E-state index contributed by atoms with van der Waals surface area (Å²) in [5.74, 6) is 0.882. The van der Waals surface area contributed by atoms with Crippen LogP contribution < -0.4 is 11.1 Å². The Balaban J connectivity index is 1.64. The third-order valence-electron chi connectivity index (χ3n) is 6.00. The molecule has 1 aromatic heterocycles. The van der Waals surface area contributed by atoms with Crippen LogP contribution in [0.4, 0.5) is 14.7 Å². The van der Waals surface area contributed by atoms with E-state index in [4.69, 9.17) is 10.7 Å². The molecule has 0 unspecified atom stereocenters. The third kappa shape index (κ3) is 6.60. The molecule has 4 N–H and O–H groups in total. The molecule has 1 heterocycles. The first-order chi connectivity index (χ1) is 13.9. The Hall–Kier alpha value is -1.80. The van der Waals surface area contributed by atoms with Crippen molar-refractivity contribution in [3.8, 4) is 0 Å². The average Bonchev–Trinajstić information content (AvgIpc) is 2.86. The van der Waals surface area contributed by atoms with Crippen LogP contribution >= 0.6 is 0 Å². The van der Waals surface area contributed by atoms with Crippen LogP contribution in [-0.2, 0) is 11.2 Å². The molecular formula is C21H32F2N4O2. The first-order valence-corrected chi connectivity index (χ1v) is 10.6. The molecule has 2 aliphatic rings. The number of anilines is 1. The summed E-state index contributed by atoms with van der Waals surface area (Å²) in [6.07, 6.45) is 9.31. The Morgan fingerprint density at radius 3 is 2.66 bits per heavy atom. The van der Waals surface area contributed by atoms with Crippen molar-refractivity contribution in [3.63, 3.8) is 0 Å². The van der Waals surface area contributed by atoms with Gasteiger partial charge in [0.15, 0.2) is 0 Å². The van der Waals surface area contributed by atoms with Crippen LogP contribution in [0.15, 0.2) is 12.8 Å². The van der Waals surface area contributed by atoms with Crippen molar-refractivity contribution < 1.29 is 18.6 Å². The summed E-state index contributed by atoms with van der Waals surface area (Å²) in [4.78, 5) is 9.09. The van der Waals surface area contributed by atoms with Gasteiger partial charge in [-0.2, -0.15) is 8.78 Å². The highest BCUT2D eigenvalue weighted by Crippen LogP contribution is 2.29. The van der Waals surface area contributed by atoms with E-state index < -0.39 is 6.61 Å². The summed E-state index contributed by atoms with van der Waals surface area (Å²) in [5.41, 5.74) is 7.99. The first kappa shape index (κ1) is 21.9. The van der Waals surface area contributed by atoms with E-state index >= 15 is 0 Å². The lowest BCUT2D eigenvalue weighted by Gasteiger charge is -2.29. The van der Waals surface area contributed by atoms with Gasteiger partial charge in [0.1, 0.15) is 0 Å². The zero-order valence-corrected chi connectivity index (χ0v) is 16.8. The van der Waals surface area contributed by atoms with Crippen molar-refractivity contribution in [1.82, 2.24) is 9.97 Å². The number of ether oxygens (including phenoxy) is 1. The van der Waals surface area contributed by atoms with Crippen LogP contribution in [0, 0.1) is 5.92 Å². The molecule has 0 aliphatic heterocycles. The summed E-state index contributed by atoms with van der Waals surface area (Å²) in [6, 6.07) is 0.131. The van der Waals surface area contributed by atoms with Gasteiger partial charge in [0, 0.05) is 23.5 Å². The van der Waals surface area contributed by atoms with E-state index in [-0.39, 0.29) is 18.2 Å². The number of nitrogens with one attached hydrogen (secondary N) is 1. The highest BCUT2D eigenvalue weighted by atomic mass is 19.3. The zero-order chi connectivity index (χ0) is 20.8. The lowest BCUT2D eigenvalue weighted by Crippen LogP contribution is -2.31. The molecule has 0 amide bonds. The van der Waals surface area contributed by atoms with Gasteiger partial charge in [-0.15, -0.1) is 0 Å². The quantitative estimate of drug-likeness (QED) is 0.591. The predicted octanol–water partition coefficient (Wildman–Crippen LogP) is 3.85. The minimum absolute atomic E-state index is 0.131. The summed E-state index contributed by atoms with van der Waals surface area (Å²) < 4.78 is 29.3. The fourth-order valence-corrected chi connectivity index (χ4v) is 4.47. The molecule has 1 aromatic rings. The SMILES string of the molecule is C=C(N)c1cnc(NC2CCC(OC(F)F)CC2)nc1C[C@@H]1CCCC[C@H](O)C1. The van der Waals surface area contributed by atoms with E-state index in [9.17, 15) is 13.9 Å². The number of nitrogens with two attached hydrogens (primary N) is 1. The normalized spacial score (nSPS) is 28.1. The molecule has 2 fully saturated rings. The van der Waals surface area contributed by atoms with Crippen molar-refractivity contribution in [2.75, 3.05) is 5.32 Å². The van der Waals surface area contributed by atoms with Crippen molar-refractivity contribution >= 4 is 11.6 Å². The maximum atomic E-state index is 12.4. The van der Waals surface area contributed by atoms with E-state index in [0.29, 0.717) is 30.4 Å². The van der Waals surface area contributed by atoms with Crippen LogP contribution in [-0.4, -0.2) is 39.9 Å². The number of alkyl halides is 2. The fourth-order valence-electron chi connectivity index (χ4n) is 4.47. The molecule has 0 spiro atoms. The van der Waals surface area contributed by atoms with Gasteiger partial charge in [0.2, 0.25) is 5.95 Å². The Morgan fingerprint density at radius 1 is 1.24 bits per heavy atom. The van der Waals surface area contributed by atoms with Gasteiger partial charge in [-0.3, -0.25) is 0 Å². The molecule has 2 atom stereocenters. The van der Waals surface area contributed by atoms with Gasteiger partial charge < -0.3 is 20.9 Å². The fraction of sp³-hybridized carbons (Fsp3) is 0.714. The summed E-state index contributed by atoms with van der Waals surface area (Å²) in [6.45, 7) is 1.13. The molecule has 0 bridgehead atoms. The molecule has 8 heteroatoms. The second-order valence-electron chi connectivity index (χ2n) is 8.34. The number of hydrogen-bond donors (Lipinski definition) is 3. The number of halogens is 2. The largest absolute Gasteiger partial charge is 0.399 e. The maximum absolute atomic E-state index is 12.4. The van der Waals surface area contributed by atoms with E-state index in [1.807, 2.05) is 0 Å².